The zero-order valence-electron chi connectivity index (χ0n) is 11.7. The number of alkyl halides is 1. The van der Waals surface area contributed by atoms with Crippen molar-refractivity contribution >= 4 is 33.4 Å². The Labute approximate surface area is 121 Å². The molecule has 0 aliphatic rings. The van der Waals surface area contributed by atoms with Gasteiger partial charge in [0.05, 0.1) is 16.4 Å². The molecule has 0 aliphatic heterocycles. The largest absolute Gasteiger partial charge is 0.326 e. The second-order valence-electron chi connectivity index (χ2n) is 5.00. The molecule has 0 amide bonds. The highest BCUT2D eigenvalue weighted by molar-refractivity contribution is 7.84. The number of aryl methyl sites for hydroxylation is 1. The minimum absolute atomic E-state index is 0.0767. The van der Waals surface area contributed by atoms with E-state index in [0.717, 1.165) is 16.9 Å². The normalized spacial score (nSPS) is 16.5. The molecule has 0 aliphatic carbocycles. The molecule has 0 radical (unpaired) electrons. The monoisotopic (exact) mass is 298 g/mol. The van der Waals surface area contributed by atoms with Crippen LogP contribution in [0.3, 0.4) is 0 Å². The number of aromatic nitrogens is 2. The molecule has 0 saturated heterocycles. The molecule has 2 aromatic rings. The van der Waals surface area contributed by atoms with Gasteiger partial charge >= 0.3 is 0 Å². The van der Waals surface area contributed by atoms with Gasteiger partial charge in [-0.2, -0.15) is 0 Å². The Bertz CT molecular complexity index is 621. The van der Waals surface area contributed by atoms with Gasteiger partial charge in [0.15, 0.2) is 0 Å². The van der Waals surface area contributed by atoms with E-state index in [1.165, 1.54) is 5.56 Å². The van der Waals surface area contributed by atoms with Gasteiger partial charge in [-0.25, -0.2) is 4.98 Å². The lowest BCUT2D eigenvalue weighted by molar-refractivity contribution is 0.632. The van der Waals surface area contributed by atoms with Gasteiger partial charge in [0.1, 0.15) is 5.82 Å². The Hall–Kier alpha value is -0.870. The molecule has 1 heterocycles. The van der Waals surface area contributed by atoms with E-state index in [1.54, 1.807) is 6.26 Å². The summed E-state index contributed by atoms with van der Waals surface area (Å²) in [5.74, 6) is 0.847. The van der Waals surface area contributed by atoms with Crippen LogP contribution < -0.4 is 0 Å². The maximum Gasteiger partial charge on any atom is 0.127 e. The fourth-order valence-corrected chi connectivity index (χ4v) is 2.64. The van der Waals surface area contributed by atoms with Crippen molar-refractivity contribution < 1.29 is 4.21 Å². The van der Waals surface area contributed by atoms with E-state index in [9.17, 15) is 4.21 Å². The first-order valence-electron chi connectivity index (χ1n) is 6.33. The number of nitrogens with zero attached hydrogens (tertiary/aromatic N) is 2. The molecule has 19 heavy (non-hydrogen) atoms. The Morgan fingerprint density at radius 2 is 2.11 bits per heavy atom. The molecule has 3 unspecified atom stereocenters. The van der Waals surface area contributed by atoms with Gasteiger partial charge in [-0.1, -0.05) is 6.07 Å². The molecule has 0 bridgehead atoms. The molecule has 0 fully saturated rings. The summed E-state index contributed by atoms with van der Waals surface area (Å²) < 4.78 is 13.7. The lowest BCUT2D eigenvalue weighted by Gasteiger charge is -2.14. The SMILES string of the molecule is Cc1ccc2c(c1)nc(C(C)Cl)n2CC(C)S(C)=O. The van der Waals surface area contributed by atoms with Crippen LogP contribution in [0.4, 0.5) is 0 Å². The maximum atomic E-state index is 11.6. The maximum absolute atomic E-state index is 11.6. The van der Waals surface area contributed by atoms with Crippen molar-refractivity contribution in [2.75, 3.05) is 6.26 Å². The first-order chi connectivity index (χ1) is 8.90. The van der Waals surface area contributed by atoms with E-state index in [1.807, 2.05) is 20.8 Å². The Morgan fingerprint density at radius 3 is 2.68 bits per heavy atom. The van der Waals surface area contributed by atoms with Gasteiger partial charge < -0.3 is 4.57 Å². The minimum Gasteiger partial charge on any atom is -0.326 e. The van der Waals surface area contributed by atoms with Gasteiger partial charge in [-0.15, -0.1) is 11.6 Å². The van der Waals surface area contributed by atoms with Gasteiger partial charge in [-0.05, 0) is 38.5 Å². The van der Waals surface area contributed by atoms with Crippen molar-refractivity contribution in [2.24, 2.45) is 0 Å². The fourth-order valence-electron chi connectivity index (χ4n) is 2.12. The van der Waals surface area contributed by atoms with E-state index in [0.29, 0.717) is 6.54 Å². The van der Waals surface area contributed by atoms with Crippen LogP contribution in [0, 0.1) is 6.92 Å². The van der Waals surface area contributed by atoms with E-state index in [2.05, 4.69) is 27.8 Å². The first-order valence-corrected chi connectivity index (χ1v) is 8.39. The van der Waals surface area contributed by atoms with Gasteiger partial charge in [-0.3, -0.25) is 4.21 Å². The highest BCUT2D eigenvalue weighted by atomic mass is 35.5. The van der Waals surface area contributed by atoms with Crippen LogP contribution in [-0.2, 0) is 17.3 Å². The van der Waals surface area contributed by atoms with Crippen molar-refractivity contribution in [2.45, 2.75) is 37.9 Å². The van der Waals surface area contributed by atoms with Crippen molar-refractivity contribution in [3.63, 3.8) is 0 Å². The third-order valence-corrected chi connectivity index (χ3v) is 4.77. The number of fused-ring (bicyclic) bond motifs is 1. The summed E-state index contributed by atoms with van der Waals surface area (Å²) >= 11 is 6.22. The van der Waals surface area contributed by atoms with E-state index >= 15 is 0 Å². The smallest absolute Gasteiger partial charge is 0.127 e. The molecular formula is C14H19ClN2OS. The number of imidazole rings is 1. The molecule has 1 aromatic heterocycles. The first kappa shape index (κ1) is 14.5. The molecule has 1 aromatic carbocycles. The zero-order chi connectivity index (χ0) is 14.2. The molecule has 0 N–H and O–H groups in total. The van der Waals surface area contributed by atoms with Crippen molar-refractivity contribution in [1.29, 1.82) is 0 Å². The quantitative estimate of drug-likeness (QED) is 0.811. The predicted molar refractivity (Wildman–Crippen MR) is 82.3 cm³/mol. The second kappa shape index (κ2) is 5.63. The summed E-state index contributed by atoms with van der Waals surface area (Å²) in [6.07, 6.45) is 1.73. The van der Waals surface area contributed by atoms with Crippen LogP contribution in [-0.4, -0.2) is 25.3 Å². The predicted octanol–water partition coefficient (Wildman–Crippen LogP) is 3.41. The fraction of sp³-hybridized carbons (Fsp3) is 0.500. The van der Waals surface area contributed by atoms with Crippen molar-refractivity contribution in [3.8, 4) is 0 Å². The average Bonchev–Trinajstić information content (AvgIpc) is 2.67. The summed E-state index contributed by atoms with van der Waals surface area (Å²) in [5.41, 5.74) is 3.19. The number of hydrogen-bond acceptors (Lipinski definition) is 2. The van der Waals surface area contributed by atoms with Gasteiger partial charge in [0.2, 0.25) is 0 Å². The molecule has 0 saturated carbocycles. The van der Waals surface area contributed by atoms with Crippen LogP contribution >= 0.6 is 11.6 Å². The molecule has 0 spiro atoms. The topological polar surface area (TPSA) is 34.9 Å². The molecule has 2 rings (SSSR count). The Morgan fingerprint density at radius 1 is 1.42 bits per heavy atom. The minimum atomic E-state index is -0.855. The lowest BCUT2D eigenvalue weighted by Crippen LogP contribution is -2.19. The number of benzene rings is 1. The number of rotatable bonds is 4. The van der Waals surface area contributed by atoms with Crippen molar-refractivity contribution in [3.05, 3.63) is 29.6 Å². The zero-order valence-corrected chi connectivity index (χ0v) is 13.3. The van der Waals surface area contributed by atoms with Crippen LogP contribution in [0.1, 0.15) is 30.6 Å². The van der Waals surface area contributed by atoms with E-state index in [4.69, 9.17) is 11.6 Å². The van der Waals surface area contributed by atoms with E-state index < -0.39 is 10.8 Å². The Kier molecular flexibility index (Phi) is 4.31. The highest BCUT2D eigenvalue weighted by Crippen LogP contribution is 2.25. The van der Waals surface area contributed by atoms with Gasteiger partial charge in [0, 0.05) is 28.9 Å². The third kappa shape index (κ3) is 3.00. The summed E-state index contributed by atoms with van der Waals surface area (Å²) in [6.45, 7) is 6.62. The van der Waals surface area contributed by atoms with Crippen LogP contribution in [0.5, 0.6) is 0 Å². The van der Waals surface area contributed by atoms with Crippen molar-refractivity contribution in [1.82, 2.24) is 9.55 Å². The standard InChI is InChI=1S/C14H19ClN2OS/c1-9-5-6-13-12(7-9)16-14(11(3)15)17(13)8-10(2)19(4)18/h5-7,10-11H,8H2,1-4H3. The third-order valence-electron chi connectivity index (χ3n) is 3.30. The van der Waals surface area contributed by atoms with Crippen LogP contribution in [0.2, 0.25) is 0 Å². The number of halogens is 1. The van der Waals surface area contributed by atoms with Gasteiger partial charge in [0.25, 0.3) is 0 Å². The van der Waals surface area contributed by atoms with Crippen LogP contribution in [0.25, 0.3) is 11.0 Å². The lowest BCUT2D eigenvalue weighted by atomic mass is 10.2. The Balaban J connectivity index is 2.55. The second-order valence-corrected chi connectivity index (χ2v) is 7.45. The average molecular weight is 299 g/mol. The van der Waals surface area contributed by atoms with E-state index in [-0.39, 0.29) is 10.6 Å². The van der Waals surface area contributed by atoms with Crippen LogP contribution in [0.15, 0.2) is 18.2 Å². The molecule has 3 atom stereocenters. The summed E-state index contributed by atoms with van der Waals surface area (Å²) in [4.78, 5) is 4.62. The molecular weight excluding hydrogens is 280 g/mol. The highest BCUT2D eigenvalue weighted by Gasteiger charge is 2.18. The molecule has 5 heteroatoms. The summed E-state index contributed by atoms with van der Waals surface area (Å²) in [7, 11) is -0.855. The summed E-state index contributed by atoms with van der Waals surface area (Å²) in [6, 6.07) is 6.19. The molecule has 3 nitrogen and oxygen atoms in total. The molecule has 104 valence electrons. The summed E-state index contributed by atoms with van der Waals surface area (Å²) in [5, 5.41) is -0.0851. The number of hydrogen-bond donors (Lipinski definition) is 0.